The van der Waals surface area contributed by atoms with Crippen LogP contribution in [-0.2, 0) is 0 Å². The third-order valence-electron chi connectivity index (χ3n) is 1.93. The number of aliphatic hydroxyl groups excluding tert-OH is 2. The molecule has 0 aromatic rings. The molecule has 2 nitrogen and oxygen atoms in total. The van der Waals surface area contributed by atoms with Gasteiger partial charge in [-0.25, -0.2) is 0 Å². The van der Waals surface area contributed by atoms with E-state index < -0.39 is 6.10 Å². The summed E-state index contributed by atoms with van der Waals surface area (Å²) in [6, 6.07) is 0. The predicted molar refractivity (Wildman–Crippen MR) is 46.4 cm³/mol. The fraction of sp³-hybridized carbons (Fsp3) is 1.00. The average molecular weight is 160 g/mol. The van der Waals surface area contributed by atoms with Crippen LogP contribution in [0.2, 0.25) is 0 Å². The lowest BCUT2D eigenvalue weighted by Crippen LogP contribution is -2.23. The topological polar surface area (TPSA) is 40.5 Å². The van der Waals surface area contributed by atoms with Crippen molar-refractivity contribution < 1.29 is 10.2 Å². The molecule has 68 valence electrons. The van der Waals surface area contributed by atoms with Crippen LogP contribution in [0.3, 0.4) is 0 Å². The Hall–Kier alpha value is -0.0800. The van der Waals surface area contributed by atoms with Crippen LogP contribution in [0.25, 0.3) is 0 Å². The van der Waals surface area contributed by atoms with Gasteiger partial charge in [0.05, 0.1) is 12.7 Å². The summed E-state index contributed by atoms with van der Waals surface area (Å²) in [5.74, 6) is 0. The van der Waals surface area contributed by atoms with E-state index in [4.69, 9.17) is 5.11 Å². The molecule has 0 amide bonds. The van der Waals surface area contributed by atoms with Crippen LogP contribution in [0.15, 0.2) is 0 Å². The first-order chi connectivity index (χ1) is 5.02. The van der Waals surface area contributed by atoms with Gasteiger partial charge < -0.3 is 10.2 Å². The molecular weight excluding hydrogens is 140 g/mol. The third-order valence-corrected chi connectivity index (χ3v) is 1.93. The van der Waals surface area contributed by atoms with Gasteiger partial charge in [-0.2, -0.15) is 0 Å². The van der Waals surface area contributed by atoms with E-state index in [-0.39, 0.29) is 12.0 Å². The molecule has 1 unspecified atom stereocenters. The molecule has 0 saturated heterocycles. The molecule has 2 heteroatoms. The fourth-order valence-corrected chi connectivity index (χ4v) is 1.48. The predicted octanol–water partition coefficient (Wildman–Crippen LogP) is 1.56. The largest absolute Gasteiger partial charge is 0.394 e. The lowest BCUT2D eigenvalue weighted by molar-refractivity contribution is 0.0541. The maximum atomic E-state index is 9.17. The Kier molecular flexibility index (Phi) is 4.69. The van der Waals surface area contributed by atoms with E-state index in [1.807, 2.05) is 0 Å². The Labute approximate surface area is 69.2 Å². The SMILES string of the molecule is CCCC(C)(C)CC(O)CO. The maximum absolute atomic E-state index is 9.17. The lowest BCUT2D eigenvalue weighted by atomic mass is 9.83. The standard InChI is InChI=1S/C9H20O2/c1-4-5-9(2,3)6-8(11)7-10/h8,10-11H,4-7H2,1-3H3. The fourth-order valence-electron chi connectivity index (χ4n) is 1.48. The molecule has 2 N–H and O–H groups in total. The van der Waals surface area contributed by atoms with Crippen LogP contribution in [0.5, 0.6) is 0 Å². The highest BCUT2D eigenvalue weighted by Gasteiger charge is 2.20. The number of hydrogen-bond donors (Lipinski definition) is 2. The molecule has 0 fully saturated rings. The van der Waals surface area contributed by atoms with E-state index in [1.165, 1.54) is 0 Å². The molecule has 0 aromatic carbocycles. The zero-order valence-corrected chi connectivity index (χ0v) is 7.80. The summed E-state index contributed by atoms with van der Waals surface area (Å²) in [6.45, 7) is 6.25. The van der Waals surface area contributed by atoms with Crippen LogP contribution in [0, 0.1) is 5.41 Å². The van der Waals surface area contributed by atoms with Crippen LogP contribution >= 0.6 is 0 Å². The van der Waals surface area contributed by atoms with Gasteiger partial charge in [-0.05, 0) is 18.3 Å². The summed E-state index contributed by atoms with van der Waals surface area (Å²) in [6.07, 6.45) is 2.38. The summed E-state index contributed by atoms with van der Waals surface area (Å²) in [4.78, 5) is 0. The third kappa shape index (κ3) is 5.22. The van der Waals surface area contributed by atoms with Crippen LogP contribution in [-0.4, -0.2) is 22.9 Å². The van der Waals surface area contributed by atoms with Gasteiger partial charge in [-0.15, -0.1) is 0 Å². The van der Waals surface area contributed by atoms with E-state index >= 15 is 0 Å². The minimum atomic E-state index is -0.545. The first-order valence-corrected chi connectivity index (χ1v) is 4.31. The Bertz CT molecular complexity index is 99.7. The van der Waals surface area contributed by atoms with Crippen molar-refractivity contribution in [2.75, 3.05) is 6.61 Å². The highest BCUT2D eigenvalue weighted by Crippen LogP contribution is 2.27. The summed E-state index contributed by atoms with van der Waals surface area (Å²) in [5, 5.41) is 17.8. The quantitative estimate of drug-likeness (QED) is 0.640. The van der Waals surface area contributed by atoms with Crippen molar-refractivity contribution in [2.24, 2.45) is 5.41 Å². The minimum absolute atomic E-state index is 0.118. The second kappa shape index (κ2) is 4.73. The van der Waals surface area contributed by atoms with Crippen molar-refractivity contribution in [2.45, 2.75) is 46.1 Å². The van der Waals surface area contributed by atoms with Crippen molar-refractivity contribution in [3.8, 4) is 0 Å². The van der Waals surface area contributed by atoms with Gasteiger partial charge in [-0.3, -0.25) is 0 Å². The second-order valence-corrected chi connectivity index (χ2v) is 3.95. The van der Waals surface area contributed by atoms with Crippen molar-refractivity contribution in [1.82, 2.24) is 0 Å². The Balaban J connectivity index is 3.70. The molecule has 0 rings (SSSR count). The van der Waals surface area contributed by atoms with E-state index in [1.54, 1.807) is 0 Å². The first-order valence-electron chi connectivity index (χ1n) is 4.31. The van der Waals surface area contributed by atoms with Gasteiger partial charge in [0, 0.05) is 0 Å². The second-order valence-electron chi connectivity index (χ2n) is 3.95. The van der Waals surface area contributed by atoms with E-state index in [9.17, 15) is 5.11 Å². The van der Waals surface area contributed by atoms with E-state index in [0.29, 0.717) is 6.42 Å². The van der Waals surface area contributed by atoms with Gasteiger partial charge >= 0.3 is 0 Å². The Morgan fingerprint density at radius 2 is 1.91 bits per heavy atom. The molecular formula is C9H20O2. The van der Waals surface area contributed by atoms with Crippen LogP contribution in [0.1, 0.15) is 40.0 Å². The number of hydrogen-bond acceptors (Lipinski definition) is 2. The van der Waals surface area contributed by atoms with E-state index in [0.717, 1.165) is 12.8 Å². The van der Waals surface area contributed by atoms with Gasteiger partial charge in [0.15, 0.2) is 0 Å². The average Bonchev–Trinajstić information content (AvgIpc) is 1.86. The van der Waals surface area contributed by atoms with Crippen LogP contribution < -0.4 is 0 Å². The normalized spacial score (nSPS) is 15.0. The van der Waals surface area contributed by atoms with Gasteiger partial charge in [0.1, 0.15) is 0 Å². The molecule has 0 radical (unpaired) electrons. The van der Waals surface area contributed by atoms with Crippen molar-refractivity contribution >= 4 is 0 Å². The number of rotatable bonds is 5. The molecule has 11 heavy (non-hydrogen) atoms. The molecule has 0 heterocycles. The Morgan fingerprint density at radius 1 is 1.36 bits per heavy atom. The molecule has 0 aliphatic rings. The summed E-state index contributed by atoms with van der Waals surface area (Å²) in [7, 11) is 0. The molecule has 0 saturated carbocycles. The summed E-state index contributed by atoms with van der Waals surface area (Å²) < 4.78 is 0. The van der Waals surface area contributed by atoms with Gasteiger partial charge in [0.2, 0.25) is 0 Å². The minimum Gasteiger partial charge on any atom is -0.394 e. The van der Waals surface area contributed by atoms with Gasteiger partial charge in [0.25, 0.3) is 0 Å². The molecule has 0 aromatic heterocycles. The molecule has 0 aliphatic heterocycles. The molecule has 0 spiro atoms. The molecule has 0 bridgehead atoms. The highest BCUT2D eigenvalue weighted by molar-refractivity contribution is 4.71. The van der Waals surface area contributed by atoms with Crippen molar-refractivity contribution in [1.29, 1.82) is 0 Å². The smallest absolute Gasteiger partial charge is 0.0776 e. The van der Waals surface area contributed by atoms with Gasteiger partial charge in [-0.1, -0.05) is 27.2 Å². The van der Waals surface area contributed by atoms with Crippen molar-refractivity contribution in [3.63, 3.8) is 0 Å². The monoisotopic (exact) mass is 160 g/mol. The number of aliphatic hydroxyl groups is 2. The van der Waals surface area contributed by atoms with Crippen molar-refractivity contribution in [3.05, 3.63) is 0 Å². The molecule has 0 aliphatic carbocycles. The molecule has 1 atom stereocenters. The van der Waals surface area contributed by atoms with Crippen LogP contribution in [0.4, 0.5) is 0 Å². The Morgan fingerprint density at radius 3 is 2.27 bits per heavy atom. The highest BCUT2D eigenvalue weighted by atomic mass is 16.3. The van der Waals surface area contributed by atoms with E-state index in [2.05, 4.69) is 20.8 Å². The summed E-state index contributed by atoms with van der Waals surface area (Å²) in [5.41, 5.74) is 0.164. The maximum Gasteiger partial charge on any atom is 0.0776 e. The zero-order chi connectivity index (χ0) is 8.91. The zero-order valence-electron chi connectivity index (χ0n) is 7.80. The summed E-state index contributed by atoms with van der Waals surface area (Å²) >= 11 is 0. The lowest BCUT2D eigenvalue weighted by Gasteiger charge is -2.25. The first kappa shape index (κ1) is 10.9.